The summed E-state index contributed by atoms with van der Waals surface area (Å²) in [6.07, 6.45) is 20.3. The van der Waals surface area contributed by atoms with Crippen LogP contribution in [-0.2, 0) is 5.41 Å². The third-order valence-corrected chi connectivity index (χ3v) is 29.4. The molecular weight excluding hydrogens is 1740 g/mol. The smallest absolute Gasteiger partial charge is 0.0728 e. The maximum atomic E-state index is 2.57. The van der Waals surface area contributed by atoms with Crippen molar-refractivity contribution in [1.29, 1.82) is 0 Å². The van der Waals surface area contributed by atoms with Crippen LogP contribution in [0.25, 0.3) is 75.4 Å². The highest BCUT2D eigenvalue weighted by Crippen LogP contribution is 2.66. The molecule has 3 aliphatic rings. The summed E-state index contributed by atoms with van der Waals surface area (Å²) in [5, 5.41) is 0. The van der Waals surface area contributed by atoms with E-state index in [0.717, 1.165) is 107 Å². The summed E-state index contributed by atoms with van der Waals surface area (Å²) >= 11 is 0. The van der Waals surface area contributed by atoms with E-state index in [1.165, 1.54) is 177 Å². The lowest BCUT2D eigenvalue weighted by molar-refractivity contribution is 0.602. The van der Waals surface area contributed by atoms with Crippen LogP contribution in [0.2, 0.25) is 0 Å². The summed E-state index contributed by atoms with van der Waals surface area (Å²) in [7, 11) is 0. The maximum absolute atomic E-state index is 2.57. The minimum absolute atomic E-state index is 1.03. The number of anilines is 12. The van der Waals surface area contributed by atoms with E-state index in [2.05, 4.69) is 562 Å². The van der Waals surface area contributed by atoms with E-state index in [1.807, 2.05) is 0 Å². The lowest BCUT2D eigenvalue weighted by Gasteiger charge is -2.35. The number of nitrogens with zero attached hydrogens (tertiary/aromatic N) is 4. The zero-order valence-electron chi connectivity index (χ0n) is 83.9. The van der Waals surface area contributed by atoms with Crippen LogP contribution in [-0.4, -0.2) is 0 Å². The van der Waals surface area contributed by atoms with Crippen LogP contribution in [0.1, 0.15) is 177 Å². The molecule has 0 atom stereocenters. The standard InChI is InChI=1S/C140H118N4/c1-94-16-50-111(51-17-94)133(112-52-18-95(2)19-53-112)87-108-44-72-122(73-45-108)142(118-64-30-101(8)31-65-118)126-79-83-130-129-82-78-125(141(117-62-28-100(7)29-63-117)121-70-42-105(43-71-121)37-36-104-38-40-107(41-39-104)86-106-14-12-11-13-15-106)90-136(129)140(137(130)91-126)138-92-127(143(119-66-32-102(9)33-67-119)123-74-46-109(47-75-123)88-134(113-54-20-96(3)21-55-113)114-56-22-97(4)23-57-114)80-84-131(138)132-85-81-128(93-139(132)140)144(120-68-34-103(10)35-69-120)124-76-48-110(49-77-124)89-135(115-58-24-98(5)25-59-115)116-60-26-99(6)27-61-116/h16-93H,11-15H2,1-10H3/b37-36+. The molecule has 19 aromatic rings. The summed E-state index contributed by atoms with van der Waals surface area (Å²) in [4.78, 5) is 9.92. The third kappa shape index (κ3) is 19.0. The van der Waals surface area contributed by atoms with Crippen molar-refractivity contribution in [2.75, 3.05) is 19.6 Å². The number of rotatable bonds is 24. The van der Waals surface area contributed by atoms with Crippen LogP contribution >= 0.6 is 0 Å². The van der Waals surface area contributed by atoms with Gasteiger partial charge in [0.15, 0.2) is 0 Å². The molecule has 4 heteroatoms. The van der Waals surface area contributed by atoms with Gasteiger partial charge in [-0.25, -0.2) is 0 Å². The van der Waals surface area contributed by atoms with Gasteiger partial charge in [0, 0.05) is 68.2 Å². The molecule has 1 spiro atoms. The van der Waals surface area contributed by atoms with Crippen molar-refractivity contribution in [2.24, 2.45) is 0 Å². The second-order valence-corrected chi connectivity index (χ2v) is 40.0. The van der Waals surface area contributed by atoms with E-state index in [1.54, 1.807) is 5.57 Å². The fraction of sp³-hybridized carbons (Fsp3) is 0.114. The van der Waals surface area contributed by atoms with E-state index >= 15 is 0 Å². The van der Waals surface area contributed by atoms with Gasteiger partial charge in [0.05, 0.1) is 5.41 Å². The molecule has 4 nitrogen and oxygen atoms in total. The number of aryl methyl sites for hydroxylation is 10. The Morgan fingerprint density at radius 3 is 0.569 bits per heavy atom. The van der Waals surface area contributed by atoms with E-state index in [4.69, 9.17) is 0 Å². The first-order chi connectivity index (χ1) is 70.4. The molecule has 698 valence electrons. The molecule has 0 saturated heterocycles. The van der Waals surface area contributed by atoms with Crippen LogP contribution in [0.5, 0.6) is 0 Å². The number of benzene rings is 19. The molecule has 0 N–H and O–H groups in total. The Hall–Kier alpha value is -16.9. The number of allylic oxidation sites excluding steroid dienone is 1. The minimum Gasteiger partial charge on any atom is -0.310 e. The number of fused-ring (bicyclic) bond motifs is 10. The Morgan fingerprint density at radius 2 is 0.354 bits per heavy atom. The lowest BCUT2D eigenvalue weighted by atomic mass is 9.70. The highest BCUT2D eigenvalue weighted by atomic mass is 15.2. The Labute approximate surface area is 851 Å². The summed E-state index contributed by atoms with van der Waals surface area (Å²) in [5.41, 5.74) is 51.9. The molecule has 22 rings (SSSR count). The monoisotopic (exact) mass is 1850 g/mol. The first-order valence-corrected chi connectivity index (χ1v) is 50.9. The second-order valence-electron chi connectivity index (χ2n) is 40.0. The fourth-order valence-electron chi connectivity index (χ4n) is 21.4. The van der Waals surface area contributed by atoms with Gasteiger partial charge in [0.1, 0.15) is 0 Å². The Kier molecular flexibility index (Phi) is 25.6. The van der Waals surface area contributed by atoms with Crippen molar-refractivity contribution >= 4 is 121 Å². The van der Waals surface area contributed by atoms with Gasteiger partial charge in [-0.3, -0.25) is 0 Å². The Balaban J connectivity index is 0.768. The third-order valence-electron chi connectivity index (χ3n) is 29.4. The molecule has 0 unspecified atom stereocenters. The van der Waals surface area contributed by atoms with Gasteiger partial charge in [-0.1, -0.05) is 377 Å². The van der Waals surface area contributed by atoms with Gasteiger partial charge < -0.3 is 19.6 Å². The lowest BCUT2D eigenvalue weighted by Crippen LogP contribution is -2.27. The van der Waals surface area contributed by atoms with Crippen molar-refractivity contribution < 1.29 is 0 Å². The first kappa shape index (κ1) is 92.1. The van der Waals surface area contributed by atoms with Crippen molar-refractivity contribution in [3.8, 4) is 22.3 Å². The van der Waals surface area contributed by atoms with Crippen LogP contribution in [0.3, 0.4) is 0 Å². The van der Waals surface area contributed by atoms with E-state index < -0.39 is 5.41 Å². The van der Waals surface area contributed by atoms with Crippen molar-refractivity contribution in [1.82, 2.24) is 0 Å². The molecule has 1 saturated carbocycles. The van der Waals surface area contributed by atoms with Gasteiger partial charge in [-0.05, 0) is 387 Å². The van der Waals surface area contributed by atoms with Crippen LogP contribution in [0.15, 0.2) is 442 Å². The van der Waals surface area contributed by atoms with Crippen molar-refractivity contribution in [3.05, 3.63) is 587 Å². The molecule has 0 aromatic heterocycles. The van der Waals surface area contributed by atoms with E-state index in [0.29, 0.717) is 0 Å². The van der Waals surface area contributed by atoms with Crippen LogP contribution < -0.4 is 19.6 Å². The van der Waals surface area contributed by atoms with Crippen LogP contribution in [0.4, 0.5) is 68.2 Å². The Morgan fingerprint density at radius 1 is 0.181 bits per heavy atom. The zero-order valence-corrected chi connectivity index (χ0v) is 83.9. The second kappa shape index (κ2) is 40.0. The summed E-state index contributed by atoms with van der Waals surface area (Å²) in [5.74, 6) is 0. The molecular formula is C140H118N4. The van der Waals surface area contributed by atoms with Gasteiger partial charge in [-0.2, -0.15) is 0 Å². The molecule has 144 heavy (non-hydrogen) atoms. The molecule has 1 fully saturated rings. The summed E-state index contributed by atoms with van der Waals surface area (Å²) in [6.45, 7) is 21.7. The predicted molar refractivity (Wildman–Crippen MR) is 615 cm³/mol. The quantitative estimate of drug-likeness (QED) is 0.0559. The van der Waals surface area contributed by atoms with Gasteiger partial charge in [-0.15, -0.1) is 0 Å². The Bertz CT molecular complexity index is 7380. The average molecular weight is 1860 g/mol. The first-order valence-electron chi connectivity index (χ1n) is 50.9. The van der Waals surface area contributed by atoms with E-state index in [-0.39, 0.29) is 0 Å². The average Bonchev–Trinajstić information content (AvgIpc) is 1.50. The van der Waals surface area contributed by atoms with Crippen molar-refractivity contribution in [2.45, 2.75) is 107 Å². The molecule has 0 amide bonds. The SMILES string of the molecule is Cc1ccc(C(=Cc2ccc(N(c3ccc(C)cc3)c3ccc4c(c3)C3(c5cc(N(c6ccc(C)cc6)c6ccc(C=C(c7ccc(C)cc7)c7ccc(C)cc7)cc6)ccc5-4)c4cc(N(c5ccc(C)cc5)c5ccc(C=C(c6ccc(C)cc6)c6ccc(C)cc6)cc5)ccc4-c4ccc(N(c5ccc(C)cc5)c5ccc(/C=C/c6ccc(C=C7CCCCC7)cc6)cc5)cc43)cc2)c2ccc(C)cc2)cc1. The van der Waals surface area contributed by atoms with E-state index in [9.17, 15) is 0 Å². The molecule has 0 heterocycles. The molecule has 19 aromatic carbocycles. The predicted octanol–water partition coefficient (Wildman–Crippen LogP) is 38.3. The summed E-state index contributed by atoms with van der Waals surface area (Å²) in [6, 6.07) is 166. The van der Waals surface area contributed by atoms with Crippen molar-refractivity contribution in [3.63, 3.8) is 0 Å². The van der Waals surface area contributed by atoms with Gasteiger partial charge in [0.25, 0.3) is 0 Å². The number of hydrogen-bond acceptors (Lipinski definition) is 4. The van der Waals surface area contributed by atoms with Crippen LogP contribution in [0, 0.1) is 69.2 Å². The highest BCUT2D eigenvalue weighted by Gasteiger charge is 2.53. The normalized spacial score (nSPS) is 12.5. The van der Waals surface area contributed by atoms with Gasteiger partial charge in [0.2, 0.25) is 0 Å². The topological polar surface area (TPSA) is 13.0 Å². The maximum Gasteiger partial charge on any atom is 0.0728 e. The highest BCUT2D eigenvalue weighted by molar-refractivity contribution is 6.02. The zero-order chi connectivity index (χ0) is 98.1. The fourth-order valence-corrected chi connectivity index (χ4v) is 21.4. The molecule has 0 aliphatic heterocycles. The molecule has 0 bridgehead atoms. The molecule has 0 radical (unpaired) electrons. The number of hydrogen-bond donors (Lipinski definition) is 0. The summed E-state index contributed by atoms with van der Waals surface area (Å²) < 4.78 is 0. The van der Waals surface area contributed by atoms with Gasteiger partial charge >= 0.3 is 0 Å². The largest absolute Gasteiger partial charge is 0.310 e. The molecule has 3 aliphatic carbocycles. The minimum atomic E-state index is -1.03.